The number of halogens is 1. The minimum atomic E-state index is -0.363. The highest BCUT2D eigenvalue weighted by molar-refractivity contribution is 6.07. The second-order valence-corrected chi connectivity index (χ2v) is 5.61. The first kappa shape index (κ1) is 16.3. The van der Waals surface area contributed by atoms with Gasteiger partial charge >= 0.3 is 0 Å². The molecule has 0 saturated carbocycles. The summed E-state index contributed by atoms with van der Waals surface area (Å²) in [4.78, 5) is 14.4. The maximum absolute atomic E-state index is 14.3. The molecule has 5 heteroatoms. The fraction of sp³-hybridized carbons (Fsp3) is 0.316. The Labute approximate surface area is 140 Å². The Balaban J connectivity index is 1.96. The summed E-state index contributed by atoms with van der Waals surface area (Å²) in [6.07, 6.45) is 1.60. The molecule has 1 aliphatic rings. The van der Waals surface area contributed by atoms with Gasteiger partial charge in [-0.25, -0.2) is 4.39 Å². The standard InChI is InChI=1S/C19H20FNO3/c1-3-24-16-10-9-14(12-17(16)23-2)19(22)21-11-5-7-13-6-4-8-15(20)18(13)21/h4,6,8-10,12H,3,5,7,11H2,1-2H3. The molecule has 0 radical (unpaired) electrons. The second kappa shape index (κ2) is 6.91. The Bertz CT molecular complexity index is 760. The van der Waals surface area contributed by atoms with Crippen LogP contribution in [0.2, 0.25) is 0 Å². The molecule has 1 amide bonds. The van der Waals surface area contributed by atoms with Crippen LogP contribution < -0.4 is 14.4 Å². The van der Waals surface area contributed by atoms with Gasteiger partial charge in [-0.2, -0.15) is 0 Å². The molecule has 0 bridgehead atoms. The molecule has 126 valence electrons. The lowest BCUT2D eigenvalue weighted by molar-refractivity contribution is 0.0983. The van der Waals surface area contributed by atoms with E-state index in [1.54, 1.807) is 24.3 Å². The molecule has 0 fully saturated rings. The maximum atomic E-state index is 14.3. The van der Waals surface area contributed by atoms with E-state index in [4.69, 9.17) is 9.47 Å². The van der Waals surface area contributed by atoms with Crippen LogP contribution in [0.3, 0.4) is 0 Å². The molecule has 0 saturated heterocycles. The number of carbonyl (C=O) groups is 1. The average molecular weight is 329 g/mol. The molecule has 24 heavy (non-hydrogen) atoms. The summed E-state index contributed by atoms with van der Waals surface area (Å²) in [6.45, 7) is 2.89. The van der Waals surface area contributed by atoms with E-state index >= 15 is 0 Å². The summed E-state index contributed by atoms with van der Waals surface area (Å²) in [7, 11) is 1.53. The van der Waals surface area contributed by atoms with Crippen LogP contribution in [0.15, 0.2) is 36.4 Å². The van der Waals surface area contributed by atoms with Crippen LogP contribution in [0.25, 0.3) is 0 Å². The van der Waals surface area contributed by atoms with Gasteiger partial charge in [0, 0.05) is 12.1 Å². The molecule has 0 unspecified atom stereocenters. The monoisotopic (exact) mass is 329 g/mol. The first-order valence-corrected chi connectivity index (χ1v) is 8.05. The SMILES string of the molecule is CCOc1ccc(C(=O)N2CCCc3cccc(F)c32)cc1OC. The molecule has 1 aliphatic heterocycles. The zero-order valence-corrected chi connectivity index (χ0v) is 13.8. The predicted octanol–water partition coefficient (Wildman–Crippen LogP) is 3.83. The van der Waals surface area contributed by atoms with Crippen molar-refractivity contribution < 1.29 is 18.7 Å². The van der Waals surface area contributed by atoms with Crippen molar-refractivity contribution in [2.24, 2.45) is 0 Å². The van der Waals surface area contributed by atoms with Gasteiger partial charge in [-0.1, -0.05) is 12.1 Å². The molecule has 3 rings (SSSR count). The molecular formula is C19H20FNO3. The highest BCUT2D eigenvalue weighted by Gasteiger charge is 2.27. The number of hydrogen-bond donors (Lipinski definition) is 0. The highest BCUT2D eigenvalue weighted by Crippen LogP contribution is 2.33. The number of hydrogen-bond acceptors (Lipinski definition) is 3. The van der Waals surface area contributed by atoms with Gasteiger partial charge in [0.15, 0.2) is 11.5 Å². The summed E-state index contributed by atoms with van der Waals surface area (Å²) in [6, 6.07) is 9.98. The summed E-state index contributed by atoms with van der Waals surface area (Å²) >= 11 is 0. The van der Waals surface area contributed by atoms with Gasteiger partial charge in [0.1, 0.15) is 5.82 Å². The van der Waals surface area contributed by atoms with Gasteiger partial charge < -0.3 is 14.4 Å². The van der Waals surface area contributed by atoms with Crippen LogP contribution in [0.5, 0.6) is 11.5 Å². The molecule has 1 heterocycles. The van der Waals surface area contributed by atoms with Gasteiger partial charge in [0.05, 0.1) is 19.4 Å². The second-order valence-electron chi connectivity index (χ2n) is 5.61. The summed E-state index contributed by atoms with van der Waals surface area (Å²) in [5.41, 5.74) is 1.71. The first-order valence-electron chi connectivity index (χ1n) is 8.05. The predicted molar refractivity (Wildman–Crippen MR) is 90.6 cm³/mol. The normalized spacial score (nSPS) is 13.4. The third-order valence-corrected chi connectivity index (χ3v) is 4.12. The van der Waals surface area contributed by atoms with Crippen molar-refractivity contribution in [1.29, 1.82) is 0 Å². The van der Waals surface area contributed by atoms with E-state index in [-0.39, 0.29) is 11.7 Å². The number of benzene rings is 2. The summed E-state index contributed by atoms with van der Waals surface area (Å²) in [5.74, 6) is 0.482. The molecule has 2 aromatic rings. The van der Waals surface area contributed by atoms with Crippen molar-refractivity contribution in [3.05, 3.63) is 53.3 Å². The third kappa shape index (κ3) is 2.94. The van der Waals surface area contributed by atoms with E-state index in [0.717, 1.165) is 18.4 Å². The Morgan fingerprint density at radius 3 is 2.83 bits per heavy atom. The van der Waals surface area contributed by atoms with Gasteiger partial charge in [-0.3, -0.25) is 4.79 Å². The van der Waals surface area contributed by atoms with Crippen molar-refractivity contribution in [2.75, 3.05) is 25.2 Å². The number of nitrogens with zero attached hydrogens (tertiary/aromatic N) is 1. The molecule has 0 N–H and O–H groups in total. The molecule has 0 spiro atoms. The Hall–Kier alpha value is -2.56. The number of ether oxygens (including phenoxy) is 2. The number of aryl methyl sites for hydroxylation is 1. The molecule has 0 aromatic heterocycles. The third-order valence-electron chi connectivity index (χ3n) is 4.12. The van der Waals surface area contributed by atoms with Crippen LogP contribution in [-0.4, -0.2) is 26.2 Å². The lowest BCUT2D eigenvalue weighted by Gasteiger charge is -2.30. The number of carbonyl (C=O) groups excluding carboxylic acids is 1. The zero-order chi connectivity index (χ0) is 17.1. The highest BCUT2D eigenvalue weighted by atomic mass is 19.1. The molecule has 0 aliphatic carbocycles. The van der Waals surface area contributed by atoms with Crippen LogP contribution in [0, 0.1) is 5.82 Å². The number of anilines is 1. The van der Waals surface area contributed by atoms with Crippen molar-refractivity contribution in [3.63, 3.8) is 0 Å². The van der Waals surface area contributed by atoms with Crippen molar-refractivity contribution in [3.8, 4) is 11.5 Å². The van der Waals surface area contributed by atoms with Crippen LogP contribution in [0.4, 0.5) is 10.1 Å². The largest absolute Gasteiger partial charge is 0.493 e. The van der Waals surface area contributed by atoms with E-state index in [9.17, 15) is 9.18 Å². The number of methoxy groups -OCH3 is 1. The summed E-state index contributed by atoms with van der Waals surface area (Å²) in [5, 5.41) is 0. The molecule has 2 aromatic carbocycles. The van der Waals surface area contributed by atoms with E-state index in [0.29, 0.717) is 35.9 Å². The number of rotatable bonds is 4. The van der Waals surface area contributed by atoms with Crippen molar-refractivity contribution in [1.82, 2.24) is 0 Å². The number of amides is 1. The van der Waals surface area contributed by atoms with Crippen molar-refractivity contribution in [2.45, 2.75) is 19.8 Å². The fourth-order valence-electron chi connectivity index (χ4n) is 3.04. The van der Waals surface area contributed by atoms with Gasteiger partial charge in [0.25, 0.3) is 5.91 Å². The fourth-order valence-corrected chi connectivity index (χ4v) is 3.04. The van der Waals surface area contributed by atoms with Gasteiger partial charge in [0.2, 0.25) is 0 Å². The zero-order valence-electron chi connectivity index (χ0n) is 13.8. The van der Waals surface area contributed by atoms with Crippen molar-refractivity contribution >= 4 is 11.6 Å². The van der Waals surface area contributed by atoms with Crippen LogP contribution in [-0.2, 0) is 6.42 Å². The van der Waals surface area contributed by atoms with E-state index in [2.05, 4.69) is 0 Å². The minimum Gasteiger partial charge on any atom is -0.493 e. The Kier molecular flexibility index (Phi) is 4.69. The minimum absolute atomic E-state index is 0.234. The molecular weight excluding hydrogens is 309 g/mol. The van der Waals surface area contributed by atoms with E-state index in [1.807, 2.05) is 13.0 Å². The van der Waals surface area contributed by atoms with Gasteiger partial charge in [-0.05, 0) is 49.6 Å². The number of fused-ring (bicyclic) bond motifs is 1. The first-order chi connectivity index (χ1) is 11.7. The lowest BCUT2D eigenvalue weighted by Crippen LogP contribution is -2.36. The average Bonchev–Trinajstić information content (AvgIpc) is 2.61. The summed E-state index contributed by atoms with van der Waals surface area (Å²) < 4.78 is 25.0. The Morgan fingerprint density at radius 2 is 2.08 bits per heavy atom. The smallest absolute Gasteiger partial charge is 0.258 e. The number of para-hydroxylation sites is 1. The maximum Gasteiger partial charge on any atom is 0.258 e. The van der Waals surface area contributed by atoms with Crippen LogP contribution >= 0.6 is 0 Å². The van der Waals surface area contributed by atoms with Gasteiger partial charge in [-0.15, -0.1) is 0 Å². The van der Waals surface area contributed by atoms with E-state index in [1.165, 1.54) is 18.1 Å². The molecule has 0 atom stereocenters. The lowest BCUT2D eigenvalue weighted by atomic mass is 10.00. The van der Waals surface area contributed by atoms with Crippen LogP contribution in [0.1, 0.15) is 29.3 Å². The van der Waals surface area contributed by atoms with E-state index < -0.39 is 0 Å². The Morgan fingerprint density at radius 1 is 1.25 bits per heavy atom. The molecule has 4 nitrogen and oxygen atoms in total. The quantitative estimate of drug-likeness (QED) is 0.856. The topological polar surface area (TPSA) is 38.8 Å².